The largest absolute Gasteiger partial charge is 0.229 e. The Labute approximate surface area is 149 Å². The van der Waals surface area contributed by atoms with Gasteiger partial charge in [-0.25, -0.2) is 9.97 Å². The molecule has 1 unspecified atom stereocenters. The summed E-state index contributed by atoms with van der Waals surface area (Å²) in [5.41, 5.74) is 3.34. The first kappa shape index (κ1) is 15.6. The van der Waals surface area contributed by atoms with Crippen LogP contribution in [0.25, 0.3) is 10.2 Å². The molecule has 3 nitrogen and oxygen atoms in total. The van der Waals surface area contributed by atoms with Crippen molar-refractivity contribution in [2.75, 3.05) is 0 Å². The lowest BCUT2D eigenvalue weighted by Crippen LogP contribution is -2.08. The fourth-order valence-corrected chi connectivity index (χ4v) is 5.62. The van der Waals surface area contributed by atoms with Crippen molar-refractivity contribution in [3.63, 3.8) is 0 Å². The molecule has 0 spiro atoms. The number of thioether (sulfide) groups is 1. The number of benzene rings is 1. The van der Waals surface area contributed by atoms with Gasteiger partial charge < -0.3 is 0 Å². The number of thiophene rings is 1. The van der Waals surface area contributed by atoms with Gasteiger partial charge in [0.1, 0.15) is 16.2 Å². The fraction of sp³-hybridized carbons (Fsp3) is 0.316. The molecule has 120 valence electrons. The van der Waals surface area contributed by atoms with Gasteiger partial charge in [-0.3, -0.25) is 0 Å². The van der Waals surface area contributed by atoms with Crippen LogP contribution in [-0.2, 0) is 18.6 Å². The molecular formula is C19H17N3S2. The number of fused-ring (bicyclic) bond motifs is 3. The number of aromatic nitrogens is 2. The second-order valence-electron chi connectivity index (χ2n) is 6.31. The number of nitriles is 1. The highest BCUT2D eigenvalue weighted by Crippen LogP contribution is 2.41. The van der Waals surface area contributed by atoms with Gasteiger partial charge in [0, 0.05) is 16.0 Å². The molecule has 1 aliphatic rings. The van der Waals surface area contributed by atoms with Crippen LogP contribution in [0, 0.1) is 17.2 Å². The van der Waals surface area contributed by atoms with E-state index in [2.05, 4.69) is 29.0 Å². The summed E-state index contributed by atoms with van der Waals surface area (Å²) in [7, 11) is 0. The minimum absolute atomic E-state index is 0.711. The maximum atomic E-state index is 9.04. The van der Waals surface area contributed by atoms with Crippen LogP contribution in [0.15, 0.2) is 35.6 Å². The summed E-state index contributed by atoms with van der Waals surface area (Å²) in [6.45, 7) is 2.33. The highest BCUT2D eigenvalue weighted by atomic mass is 32.2. The molecule has 0 radical (unpaired) electrons. The summed E-state index contributed by atoms with van der Waals surface area (Å²) in [6.07, 6.45) is 5.25. The van der Waals surface area contributed by atoms with Crippen LogP contribution < -0.4 is 0 Å². The van der Waals surface area contributed by atoms with Gasteiger partial charge in [-0.1, -0.05) is 19.1 Å². The van der Waals surface area contributed by atoms with E-state index in [0.29, 0.717) is 5.56 Å². The quantitative estimate of drug-likeness (QED) is 0.493. The lowest BCUT2D eigenvalue weighted by molar-refractivity contribution is 0.509. The molecule has 2 heterocycles. The number of hydrogen-bond acceptors (Lipinski definition) is 5. The van der Waals surface area contributed by atoms with Crippen molar-refractivity contribution in [3.8, 4) is 6.07 Å². The van der Waals surface area contributed by atoms with Crippen LogP contribution in [0.1, 0.15) is 34.9 Å². The van der Waals surface area contributed by atoms with Crippen LogP contribution in [0.4, 0.5) is 0 Å². The topological polar surface area (TPSA) is 49.6 Å². The third kappa shape index (κ3) is 2.92. The van der Waals surface area contributed by atoms with Gasteiger partial charge in [-0.15, -0.1) is 23.1 Å². The molecule has 0 aliphatic heterocycles. The van der Waals surface area contributed by atoms with Crippen LogP contribution >= 0.6 is 23.1 Å². The zero-order valence-electron chi connectivity index (χ0n) is 13.5. The number of hydrogen-bond donors (Lipinski definition) is 0. The zero-order chi connectivity index (χ0) is 16.5. The molecule has 4 rings (SSSR count). The number of aryl methyl sites for hydroxylation is 1. The summed E-state index contributed by atoms with van der Waals surface area (Å²) < 4.78 is 0. The van der Waals surface area contributed by atoms with Gasteiger partial charge in [0.05, 0.1) is 11.6 Å². The van der Waals surface area contributed by atoms with Crippen LogP contribution in [-0.4, -0.2) is 9.97 Å². The lowest BCUT2D eigenvalue weighted by atomic mass is 9.89. The van der Waals surface area contributed by atoms with Crippen molar-refractivity contribution in [2.24, 2.45) is 5.92 Å². The second-order valence-corrected chi connectivity index (χ2v) is 8.36. The normalized spacial score (nSPS) is 16.8. The summed E-state index contributed by atoms with van der Waals surface area (Å²) in [5, 5.41) is 11.4. The minimum atomic E-state index is 0.711. The third-order valence-corrected chi connectivity index (χ3v) is 6.71. The summed E-state index contributed by atoms with van der Waals surface area (Å²) >= 11 is 3.58. The van der Waals surface area contributed by atoms with E-state index < -0.39 is 0 Å². The smallest absolute Gasteiger partial charge is 0.128 e. The Hall–Kier alpha value is -1.90. The number of nitrogens with zero attached hydrogens (tertiary/aromatic N) is 3. The molecule has 24 heavy (non-hydrogen) atoms. The van der Waals surface area contributed by atoms with E-state index in [1.165, 1.54) is 28.7 Å². The van der Waals surface area contributed by atoms with Crippen molar-refractivity contribution in [1.82, 2.24) is 9.97 Å². The molecule has 1 aliphatic carbocycles. The van der Waals surface area contributed by atoms with E-state index in [1.807, 2.05) is 29.5 Å². The monoisotopic (exact) mass is 351 g/mol. The van der Waals surface area contributed by atoms with Gasteiger partial charge in [0.2, 0.25) is 0 Å². The average molecular weight is 352 g/mol. The molecule has 0 fully saturated rings. The molecular weight excluding hydrogens is 334 g/mol. The fourth-order valence-electron chi connectivity index (χ4n) is 3.24. The van der Waals surface area contributed by atoms with Crippen molar-refractivity contribution in [1.29, 1.82) is 5.26 Å². The van der Waals surface area contributed by atoms with E-state index in [0.717, 1.165) is 33.5 Å². The minimum Gasteiger partial charge on any atom is -0.229 e. The molecule has 0 saturated carbocycles. The predicted octanol–water partition coefficient (Wildman–Crippen LogP) is 4.98. The van der Waals surface area contributed by atoms with Gasteiger partial charge in [-0.05, 0) is 48.4 Å². The molecule has 0 N–H and O–H groups in total. The molecule has 1 aromatic carbocycles. The van der Waals surface area contributed by atoms with Gasteiger partial charge in [0.15, 0.2) is 0 Å². The molecule has 3 aromatic rings. The van der Waals surface area contributed by atoms with Crippen molar-refractivity contribution in [3.05, 3.63) is 52.2 Å². The Morgan fingerprint density at radius 3 is 3.17 bits per heavy atom. The van der Waals surface area contributed by atoms with E-state index in [-0.39, 0.29) is 0 Å². The Morgan fingerprint density at radius 2 is 2.29 bits per heavy atom. The Kier molecular flexibility index (Phi) is 4.26. The molecule has 0 saturated heterocycles. The molecule has 1 atom stereocenters. The van der Waals surface area contributed by atoms with E-state index in [4.69, 9.17) is 5.26 Å². The van der Waals surface area contributed by atoms with E-state index in [9.17, 15) is 0 Å². The maximum Gasteiger partial charge on any atom is 0.128 e. The first-order chi connectivity index (χ1) is 11.7. The van der Waals surface area contributed by atoms with Crippen LogP contribution in [0.2, 0.25) is 0 Å². The van der Waals surface area contributed by atoms with Crippen molar-refractivity contribution >= 4 is 33.3 Å². The van der Waals surface area contributed by atoms with Gasteiger partial charge in [0.25, 0.3) is 0 Å². The summed E-state index contributed by atoms with van der Waals surface area (Å²) in [6, 6.07) is 10.0. The van der Waals surface area contributed by atoms with E-state index in [1.54, 1.807) is 18.1 Å². The van der Waals surface area contributed by atoms with Crippen LogP contribution in [0.5, 0.6) is 0 Å². The molecule has 0 amide bonds. The lowest BCUT2D eigenvalue weighted by Gasteiger charge is -2.18. The third-order valence-electron chi connectivity index (χ3n) is 4.49. The highest BCUT2D eigenvalue weighted by Gasteiger charge is 2.23. The summed E-state index contributed by atoms with van der Waals surface area (Å²) in [5.74, 6) is 1.59. The van der Waals surface area contributed by atoms with E-state index >= 15 is 0 Å². The van der Waals surface area contributed by atoms with Crippen molar-refractivity contribution in [2.45, 2.75) is 37.0 Å². The predicted molar refractivity (Wildman–Crippen MR) is 99.3 cm³/mol. The Morgan fingerprint density at radius 1 is 1.38 bits per heavy atom. The molecule has 0 bridgehead atoms. The van der Waals surface area contributed by atoms with Crippen molar-refractivity contribution < 1.29 is 0 Å². The SMILES string of the molecule is CC1CCc2c(sc3ncnc(SCc4cccc(C#N)c4)c23)C1. The van der Waals surface area contributed by atoms with Gasteiger partial charge in [-0.2, -0.15) is 5.26 Å². The second kappa shape index (κ2) is 6.54. The summed E-state index contributed by atoms with van der Waals surface area (Å²) in [4.78, 5) is 11.7. The molecule has 5 heteroatoms. The highest BCUT2D eigenvalue weighted by molar-refractivity contribution is 7.98. The zero-order valence-corrected chi connectivity index (χ0v) is 15.1. The van der Waals surface area contributed by atoms with Crippen LogP contribution in [0.3, 0.4) is 0 Å². The Balaban J connectivity index is 1.66. The Bertz CT molecular complexity index is 939. The average Bonchev–Trinajstić information content (AvgIpc) is 2.98. The number of rotatable bonds is 3. The van der Waals surface area contributed by atoms with Gasteiger partial charge >= 0.3 is 0 Å². The standard InChI is InChI=1S/C19H17N3S2/c1-12-5-6-15-16(7-12)24-19-17(15)18(21-11-22-19)23-10-14-4-2-3-13(8-14)9-20/h2-4,8,11-12H,5-7,10H2,1H3. The first-order valence-electron chi connectivity index (χ1n) is 8.11. The maximum absolute atomic E-state index is 9.04. The first-order valence-corrected chi connectivity index (χ1v) is 9.92. The molecule has 2 aromatic heterocycles.